The zero-order valence-corrected chi connectivity index (χ0v) is 20.3. The van der Waals surface area contributed by atoms with Crippen LogP contribution in [0.25, 0.3) is 0 Å². The highest BCUT2D eigenvalue weighted by atomic mass is 32.2. The van der Waals surface area contributed by atoms with Crippen LogP contribution in [0.1, 0.15) is 37.6 Å². The number of thioether (sulfide) groups is 1. The lowest BCUT2D eigenvalue weighted by atomic mass is 9.75. The third-order valence-electron chi connectivity index (χ3n) is 6.99. The van der Waals surface area contributed by atoms with Gasteiger partial charge in [0.15, 0.2) is 0 Å². The standard InChI is InChI=1S/C24H29N3O6S/c1-11(2)17-18-12(3)20(19(24(32)33)27(18)22(17)29)34-15-9-16(26(4)10-15)21(28)25-14-7-5-6-13(8-14)23(30)31/h5-8,11-12,15-18H,9-10H2,1-4H3,(H,25,28)(H,30,31)(H,32,33)/t12-,15+,16+,17-,18-/m1/s1. The molecule has 182 valence electrons. The second kappa shape index (κ2) is 9.07. The quantitative estimate of drug-likeness (QED) is 0.501. The van der Waals surface area contributed by atoms with Gasteiger partial charge < -0.3 is 20.4 Å². The largest absolute Gasteiger partial charge is 0.478 e. The Morgan fingerprint density at radius 2 is 1.88 bits per heavy atom. The maximum atomic E-state index is 12.9. The van der Waals surface area contributed by atoms with E-state index in [4.69, 9.17) is 5.11 Å². The van der Waals surface area contributed by atoms with Crippen LogP contribution >= 0.6 is 11.8 Å². The van der Waals surface area contributed by atoms with Crippen LogP contribution in [-0.2, 0) is 14.4 Å². The first kappa shape index (κ1) is 24.3. The number of aromatic carboxylic acids is 1. The van der Waals surface area contributed by atoms with Crippen molar-refractivity contribution in [1.29, 1.82) is 0 Å². The summed E-state index contributed by atoms with van der Waals surface area (Å²) in [6, 6.07) is 5.53. The number of carbonyl (C=O) groups excluding carboxylic acids is 2. The molecule has 3 aliphatic rings. The average molecular weight is 488 g/mol. The monoisotopic (exact) mass is 487 g/mol. The van der Waals surface area contributed by atoms with E-state index in [-0.39, 0.29) is 52.1 Å². The van der Waals surface area contributed by atoms with Gasteiger partial charge in [0, 0.05) is 28.3 Å². The van der Waals surface area contributed by atoms with E-state index in [1.807, 2.05) is 32.7 Å². The van der Waals surface area contributed by atoms with Gasteiger partial charge in [-0.15, -0.1) is 11.8 Å². The number of fused-ring (bicyclic) bond motifs is 1. The maximum absolute atomic E-state index is 12.9. The van der Waals surface area contributed by atoms with E-state index >= 15 is 0 Å². The number of likely N-dealkylation sites (N-methyl/N-ethyl adjacent to an activating group) is 1. The van der Waals surface area contributed by atoms with Gasteiger partial charge in [-0.1, -0.05) is 26.8 Å². The van der Waals surface area contributed by atoms with Crippen molar-refractivity contribution in [2.45, 2.75) is 44.5 Å². The van der Waals surface area contributed by atoms with E-state index in [2.05, 4.69) is 5.32 Å². The minimum atomic E-state index is -1.09. The van der Waals surface area contributed by atoms with Gasteiger partial charge in [-0.2, -0.15) is 0 Å². The lowest BCUT2D eigenvalue weighted by Crippen LogP contribution is -2.62. The molecule has 0 spiro atoms. The van der Waals surface area contributed by atoms with Crippen LogP contribution in [0.2, 0.25) is 0 Å². The molecule has 1 aromatic carbocycles. The van der Waals surface area contributed by atoms with E-state index in [1.54, 1.807) is 12.1 Å². The average Bonchev–Trinajstić information content (AvgIpc) is 3.24. The maximum Gasteiger partial charge on any atom is 0.353 e. The molecule has 3 N–H and O–H groups in total. The van der Waals surface area contributed by atoms with Crippen LogP contribution in [0.15, 0.2) is 34.9 Å². The van der Waals surface area contributed by atoms with Gasteiger partial charge in [-0.25, -0.2) is 9.59 Å². The molecule has 0 radical (unpaired) electrons. The van der Waals surface area contributed by atoms with Crippen molar-refractivity contribution in [3.63, 3.8) is 0 Å². The molecule has 3 heterocycles. The Kier molecular flexibility index (Phi) is 6.48. The van der Waals surface area contributed by atoms with Crippen molar-refractivity contribution in [3.8, 4) is 0 Å². The van der Waals surface area contributed by atoms with Gasteiger partial charge in [0.25, 0.3) is 0 Å². The first-order valence-electron chi connectivity index (χ1n) is 11.3. The minimum Gasteiger partial charge on any atom is -0.478 e. The second-order valence-electron chi connectivity index (χ2n) is 9.58. The van der Waals surface area contributed by atoms with E-state index in [0.29, 0.717) is 23.6 Å². The Balaban J connectivity index is 1.47. The Morgan fingerprint density at radius 1 is 1.18 bits per heavy atom. The molecule has 0 aromatic heterocycles. The molecule has 2 fully saturated rings. The first-order chi connectivity index (χ1) is 16.0. The molecule has 0 bridgehead atoms. The molecular weight excluding hydrogens is 458 g/mol. The fourth-order valence-corrected chi connectivity index (χ4v) is 6.94. The van der Waals surface area contributed by atoms with Crippen LogP contribution < -0.4 is 5.32 Å². The van der Waals surface area contributed by atoms with Gasteiger partial charge in [-0.05, 0) is 37.6 Å². The predicted octanol–water partition coefficient (Wildman–Crippen LogP) is 2.56. The van der Waals surface area contributed by atoms with Crippen LogP contribution in [0.4, 0.5) is 5.69 Å². The molecule has 0 aliphatic carbocycles. The smallest absolute Gasteiger partial charge is 0.353 e. The Labute approximate surface area is 202 Å². The molecule has 1 aromatic rings. The Hall–Kier alpha value is -2.85. The van der Waals surface area contributed by atoms with Gasteiger partial charge in [0.1, 0.15) is 5.70 Å². The highest BCUT2D eigenvalue weighted by Crippen LogP contribution is 2.53. The zero-order valence-electron chi connectivity index (χ0n) is 19.5. The van der Waals surface area contributed by atoms with E-state index in [1.165, 1.54) is 28.8 Å². The Morgan fingerprint density at radius 3 is 2.50 bits per heavy atom. The summed E-state index contributed by atoms with van der Waals surface area (Å²) in [4.78, 5) is 53.0. The van der Waals surface area contributed by atoms with Crippen molar-refractivity contribution in [1.82, 2.24) is 9.80 Å². The summed E-state index contributed by atoms with van der Waals surface area (Å²) >= 11 is 1.47. The lowest BCUT2D eigenvalue weighted by molar-refractivity contribution is -0.159. The summed E-state index contributed by atoms with van der Waals surface area (Å²) in [5.41, 5.74) is 0.594. The molecule has 34 heavy (non-hydrogen) atoms. The molecule has 10 heteroatoms. The number of amides is 2. The molecule has 2 amide bonds. The number of β-lactam (4-membered cyclic amide) rings is 1. The summed E-state index contributed by atoms with van der Waals surface area (Å²) in [7, 11) is 1.84. The summed E-state index contributed by atoms with van der Waals surface area (Å²) in [6.45, 7) is 6.54. The number of carboxylic acids is 2. The number of nitrogens with one attached hydrogen (secondary N) is 1. The Bertz CT molecular complexity index is 1090. The third-order valence-corrected chi connectivity index (χ3v) is 8.49. The fraction of sp³-hybridized carbons (Fsp3) is 0.500. The van der Waals surface area contributed by atoms with E-state index < -0.39 is 18.0 Å². The van der Waals surface area contributed by atoms with Gasteiger partial charge in [0.2, 0.25) is 11.8 Å². The fourth-order valence-electron chi connectivity index (χ4n) is 5.35. The molecule has 9 nitrogen and oxygen atoms in total. The number of hydrogen-bond acceptors (Lipinski definition) is 6. The van der Waals surface area contributed by atoms with Crippen LogP contribution in [0.5, 0.6) is 0 Å². The van der Waals surface area contributed by atoms with Gasteiger partial charge >= 0.3 is 11.9 Å². The highest BCUT2D eigenvalue weighted by molar-refractivity contribution is 8.03. The molecule has 5 atom stereocenters. The topological polar surface area (TPSA) is 127 Å². The summed E-state index contributed by atoms with van der Waals surface area (Å²) in [5.74, 6) is -2.62. The van der Waals surface area contributed by atoms with E-state index in [0.717, 1.165) is 0 Å². The van der Waals surface area contributed by atoms with Crippen molar-refractivity contribution in [2.24, 2.45) is 17.8 Å². The van der Waals surface area contributed by atoms with Gasteiger partial charge in [-0.3, -0.25) is 14.5 Å². The molecule has 0 unspecified atom stereocenters. The van der Waals surface area contributed by atoms with Crippen LogP contribution in [-0.4, -0.2) is 74.7 Å². The molecule has 3 aliphatic heterocycles. The predicted molar refractivity (Wildman–Crippen MR) is 127 cm³/mol. The molecule has 4 rings (SSSR count). The number of rotatable bonds is 7. The van der Waals surface area contributed by atoms with Crippen LogP contribution in [0.3, 0.4) is 0 Å². The van der Waals surface area contributed by atoms with Crippen LogP contribution in [0, 0.1) is 17.8 Å². The summed E-state index contributed by atoms with van der Waals surface area (Å²) < 4.78 is 0. The third kappa shape index (κ3) is 4.09. The zero-order chi connectivity index (χ0) is 24.9. The minimum absolute atomic E-state index is 0.00999. The van der Waals surface area contributed by atoms with Crippen molar-refractivity contribution < 1.29 is 29.4 Å². The summed E-state index contributed by atoms with van der Waals surface area (Å²) in [6.07, 6.45) is 0.515. The number of benzene rings is 1. The lowest BCUT2D eigenvalue weighted by Gasteiger charge is -2.47. The molecular formula is C24H29N3O6S. The number of anilines is 1. The van der Waals surface area contributed by atoms with Gasteiger partial charge in [0.05, 0.1) is 23.6 Å². The first-order valence-corrected chi connectivity index (χ1v) is 12.2. The number of carboxylic acid groups (broad SMARTS) is 2. The highest BCUT2D eigenvalue weighted by Gasteiger charge is 2.59. The van der Waals surface area contributed by atoms with E-state index in [9.17, 15) is 24.3 Å². The summed E-state index contributed by atoms with van der Waals surface area (Å²) in [5, 5.41) is 21.8. The number of nitrogens with zero attached hydrogens (tertiary/aromatic N) is 2. The molecule has 2 saturated heterocycles. The molecule has 0 saturated carbocycles. The number of carbonyl (C=O) groups is 4. The SMILES string of the molecule is CC(C)[C@H]1C(=O)N2C(C(=O)O)=C(S[C@H]3C[C@@H](C(=O)Nc4cccc(C(=O)O)c4)N(C)C3)[C@H](C)[C@H]12. The second-order valence-corrected chi connectivity index (χ2v) is 10.9. The van der Waals surface area contributed by atoms with Crippen molar-refractivity contribution >= 4 is 41.2 Å². The number of aliphatic carboxylic acids is 1. The van der Waals surface area contributed by atoms with Crippen molar-refractivity contribution in [3.05, 3.63) is 40.4 Å². The normalized spacial score (nSPS) is 28.8. The van der Waals surface area contributed by atoms with Crippen molar-refractivity contribution in [2.75, 3.05) is 18.9 Å². The number of hydrogen-bond donors (Lipinski definition) is 3. The number of likely N-dealkylation sites (tertiary alicyclic amines) is 1.